The molecule has 0 unspecified atom stereocenters. The van der Waals surface area contributed by atoms with Crippen LogP contribution in [0.5, 0.6) is 0 Å². The Morgan fingerprint density at radius 2 is 2.15 bits per heavy atom. The number of halogens is 1. The Labute approximate surface area is 165 Å². The summed E-state index contributed by atoms with van der Waals surface area (Å²) in [5.74, 6) is -0.445. The number of rotatable bonds is 9. The fourth-order valence-corrected chi connectivity index (χ4v) is 2.86. The van der Waals surface area contributed by atoms with E-state index in [1.807, 2.05) is 6.07 Å². The van der Waals surface area contributed by atoms with E-state index in [4.69, 9.17) is 4.74 Å². The van der Waals surface area contributed by atoms with Gasteiger partial charge in [0.25, 0.3) is 5.56 Å². The lowest BCUT2D eigenvalue weighted by Gasteiger charge is -2.17. The van der Waals surface area contributed by atoms with Crippen molar-refractivity contribution in [1.29, 1.82) is 0 Å². The summed E-state index contributed by atoms with van der Waals surface area (Å²) in [4.78, 5) is 42.2. The molecule has 9 heteroatoms. The fraction of sp³-hybridized carbons (Fsp3) is 0.444. The van der Waals surface area contributed by atoms with E-state index < -0.39 is 0 Å². The molecule has 2 amide bonds. The third kappa shape index (κ3) is 6.14. The molecule has 1 aromatic heterocycles. The highest BCUT2D eigenvalue weighted by Crippen LogP contribution is 2.14. The summed E-state index contributed by atoms with van der Waals surface area (Å²) >= 11 is 3.34. The van der Waals surface area contributed by atoms with Crippen LogP contribution in [0.4, 0.5) is 0 Å². The SMILES string of the molecule is COCCCNC(=O)CN(C)C(=O)CCn1cnc2ccc(Br)cc2c1=O. The van der Waals surface area contributed by atoms with E-state index >= 15 is 0 Å². The Morgan fingerprint density at radius 1 is 1.37 bits per heavy atom. The molecule has 0 spiro atoms. The van der Waals surface area contributed by atoms with Crippen LogP contribution >= 0.6 is 15.9 Å². The smallest absolute Gasteiger partial charge is 0.261 e. The van der Waals surface area contributed by atoms with Crippen LogP contribution in [-0.2, 0) is 20.9 Å². The van der Waals surface area contributed by atoms with Crippen LogP contribution in [0.2, 0.25) is 0 Å². The van der Waals surface area contributed by atoms with Crippen molar-refractivity contribution in [3.05, 3.63) is 39.4 Å². The van der Waals surface area contributed by atoms with Crippen molar-refractivity contribution in [1.82, 2.24) is 19.8 Å². The van der Waals surface area contributed by atoms with Crippen LogP contribution in [0.25, 0.3) is 10.9 Å². The predicted molar refractivity (Wildman–Crippen MR) is 105 cm³/mol. The first-order valence-electron chi connectivity index (χ1n) is 8.56. The predicted octanol–water partition coefficient (Wildman–Crippen LogP) is 1.16. The van der Waals surface area contributed by atoms with Gasteiger partial charge in [-0.1, -0.05) is 15.9 Å². The maximum atomic E-state index is 12.5. The first-order chi connectivity index (χ1) is 12.9. The maximum absolute atomic E-state index is 12.5. The fourth-order valence-electron chi connectivity index (χ4n) is 2.50. The number of ether oxygens (including phenoxy) is 1. The molecule has 1 N–H and O–H groups in total. The number of hydrogen-bond acceptors (Lipinski definition) is 5. The largest absolute Gasteiger partial charge is 0.385 e. The zero-order chi connectivity index (χ0) is 19.8. The second-order valence-electron chi connectivity index (χ2n) is 6.10. The summed E-state index contributed by atoms with van der Waals surface area (Å²) in [5, 5.41) is 3.22. The highest BCUT2D eigenvalue weighted by atomic mass is 79.9. The Hall–Kier alpha value is -2.26. The number of carbonyl (C=O) groups is 2. The number of nitrogens with zero attached hydrogens (tertiary/aromatic N) is 3. The van der Waals surface area contributed by atoms with E-state index in [1.165, 1.54) is 15.8 Å². The van der Waals surface area contributed by atoms with E-state index in [-0.39, 0.29) is 36.9 Å². The summed E-state index contributed by atoms with van der Waals surface area (Å²) in [7, 11) is 3.17. The van der Waals surface area contributed by atoms with E-state index in [1.54, 1.807) is 26.3 Å². The molecular formula is C18H23BrN4O4. The molecule has 0 aliphatic rings. The van der Waals surface area contributed by atoms with Crippen LogP contribution < -0.4 is 10.9 Å². The van der Waals surface area contributed by atoms with Gasteiger partial charge >= 0.3 is 0 Å². The number of carbonyl (C=O) groups excluding carboxylic acids is 2. The quantitative estimate of drug-likeness (QED) is 0.592. The average Bonchev–Trinajstić information content (AvgIpc) is 2.65. The molecule has 0 aliphatic carbocycles. The van der Waals surface area contributed by atoms with Gasteiger partial charge in [0, 0.05) is 44.7 Å². The molecule has 8 nitrogen and oxygen atoms in total. The first kappa shape index (κ1) is 21.0. The van der Waals surface area contributed by atoms with Gasteiger partial charge in [-0.2, -0.15) is 0 Å². The van der Waals surface area contributed by atoms with Crippen molar-refractivity contribution in [2.75, 3.05) is 33.9 Å². The molecule has 27 heavy (non-hydrogen) atoms. The standard InChI is InChI=1S/C18H23BrN4O4/c1-22(11-16(24)20-7-3-9-27-2)17(25)6-8-23-12-21-15-5-4-13(19)10-14(15)18(23)26/h4-5,10,12H,3,6-9,11H2,1-2H3,(H,20,24). The van der Waals surface area contributed by atoms with Crippen molar-refractivity contribution in [2.45, 2.75) is 19.4 Å². The topological polar surface area (TPSA) is 93.5 Å². The number of fused-ring (bicyclic) bond motifs is 1. The molecule has 1 aromatic carbocycles. The van der Waals surface area contributed by atoms with Crippen molar-refractivity contribution in [2.24, 2.45) is 0 Å². The lowest BCUT2D eigenvalue weighted by atomic mass is 10.2. The van der Waals surface area contributed by atoms with Crippen LogP contribution in [-0.4, -0.2) is 60.1 Å². The lowest BCUT2D eigenvalue weighted by Crippen LogP contribution is -2.39. The van der Waals surface area contributed by atoms with Crippen molar-refractivity contribution < 1.29 is 14.3 Å². The summed E-state index contributed by atoms with van der Waals surface area (Å²) < 4.78 is 7.11. The molecule has 1 heterocycles. The summed E-state index contributed by atoms with van der Waals surface area (Å²) in [6.45, 7) is 1.25. The molecule has 2 rings (SSSR count). The minimum atomic E-state index is -0.226. The van der Waals surface area contributed by atoms with E-state index in [2.05, 4.69) is 26.2 Å². The van der Waals surface area contributed by atoms with Crippen LogP contribution in [0, 0.1) is 0 Å². The van der Waals surface area contributed by atoms with Gasteiger partial charge in [-0.15, -0.1) is 0 Å². The third-order valence-electron chi connectivity index (χ3n) is 4.01. The molecule has 146 valence electrons. The van der Waals surface area contributed by atoms with Crippen LogP contribution in [0.3, 0.4) is 0 Å². The molecule has 0 fully saturated rings. The minimum Gasteiger partial charge on any atom is -0.385 e. The molecule has 0 atom stereocenters. The molecule has 0 aliphatic heterocycles. The summed E-state index contributed by atoms with van der Waals surface area (Å²) in [5.41, 5.74) is 0.403. The third-order valence-corrected chi connectivity index (χ3v) is 4.50. The van der Waals surface area contributed by atoms with Gasteiger partial charge in [0.1, 0.15) is 0 Å². The van der Waals surface area contributed by atoms with Gasteiger partial charge in [-0.3, -0.25) is 19.0 Å². The number of hydrogen-bond donors (Lipinski definition) is 1. The molecule has 2 aromatic rings. The molecule has 0 bridgehead atoms. The zero-order valence-corrected chi connectivity index (χ0v) is 17.0. The van der Waals surface area contributed by atoms with E-state index in [9.17, 15) is 14.4 Å². The van der Waals surface area contributed by atoms with Crippen molar-refractivity contribution in [3.63, 3.8) is 0 Å². The van der Waals surface area contributed by atoms with Gasteiger partial charge in [-0.25, -0.2) is 4.98 Å². The number of benzene rings is 1. The van der Waals surface area contributed by atoms with Crippen LogP contribution in [0.1, 0.15) is 12.8 Å². The highest BCUT2D eigenvalue weighted by Gasteiger charge is 2.13. The number of likely N-dealkylation sites (N-methyl/N-ethyl adjacent to an activating group) is 1. The summed E-state index contributed by atoms with van der Waals surface area (Å²) in [6, 6.07) is 5.29. The number of nitrogens with one attached hydrogen (secondary N) is 1. The number of amides is 2. The first-order valence-corrected chi connectivity index (χ1v) is 9.36. The van der Waals surface area contributed by atoms with Crippen LogP contribution in [0.15, 0.2) is 33.8 Å². The molecule has 0 radical (unpaired) electrons. The van der Waals surface area contributed by atoms with Gasteiger partial charge in [0.15, 0.2) is 0 Å². The maximum Gasteiger partial charge on any atom is 0.261 e. The van der Waals surface area contributed by atoms with E-state index in [0.29, 0.717) is 30.5 Å². The molecule has 0 saturated heterocycles. The minimum absolute atomic E-state index is 0.0242. The van der Waals surface area contributed by atoms with Crippen molar-refractivity contribution in [3.8, 4) is 0 Å². The Morgan fingerprint density at radius 3 is 2.89 bits per heavy atom. The number of methoxy groups -OCH3 is 1. The normalized spacial score (nSPS) is 10.8. The highest BCUT2D eigenvalue weighted by molar-refractivity contribution is 9.10. The monoisotopic (exact) mass is 438 g/mol. The zero-order valence-electron chi connectivity index (χ0n) is 15.4. The van der Waals surface area contributed by atoms with Gasteiger partial charge in [0.05, 0.1) is 23.8 Å². The molecule has 0 saturated carbocycles. The number of aromatic nitrogens is 2. The van der Waals surface area contributed by atoms with Gasteiger partial charge in [0.2, 0.25) is 11.8 Å². The second-order valence-corrected chi connectivity index (χ2v) is 7.02. The van der Waals surface area contributed by atoms with Crippen molar-refractivity contribution >= 4 is 38.6 Å². The lowest BCUT2D eigenvalue weighted by molar-refractivity contribution is -0.134. The van der Waals surface area contributed by atoms with Gasteiger partial charge < -0.3 is 15.0 Å². The average molecular weight is 439 g/mol. The van der Waals surface area contributed by atoms with Gasteiger partial charge in [-0.05, 0) is 24.6 Å². The second kappa shape index (κ2) is 10.2. The number of aryl methyl sites for hydroxylation is 1. The molecular weight excluding hydrogens is 416 g/mol. The summed E-state index contributed by atoms with van der Waals surface area (Å²) in [6.07, 6.45) is 2.26. The Balaban J connectivity index is 1.89. The van der Waals surface area contributed by atoms with E-state index in [0.717, 1.165) is 4.47 Å². The Kier molecular flexibility index (Phi) is 7.93. The Bertz CT molecular complexity index is 868.